The summed E-state index contributed by atoms with van der Waals surface area (Å²) in [7, 11) is 0. The van der Waals surface area contributed by atoms with Crippen molar-refractivity contribution in [3.8, 4) is 23.1 Å². The number of benzene rings is 1. The predicted molar refractivity (Wildman–Crippen MR) is 117 cm³/mol. The second kappa shape index (κ2) is 9.06. The number of amides is 1. The van der Waals surface area contributed by atoms with E-state index in [1.807, 2.05) is 18.3 Å². The van der Waals surface area contributed by atoms with Crippen LogP contribution in [0.2, 0.25) is 0 Å². The fourth-order valence-corrected chi connectivity index (χ4v) is 4.59. The summed E-state index contributed by atoms with van der Waals surface area (Å²) in [6.07, 6.45) is 6.95. The lowest BCUT2D eigenvalue weighted by molar-refractivity contribution is -0.113. The number of para-hydroxylation sites is 2. The molecule has 2 aromatic heterocycles. The van der Waals surface area contributed by atoms with Crippen LogP contribution in [0.4, 0.5) is 5.69 Å². The maximum Gasteiger partial charge on any atom is 0.234 e. The number of thioether (sulfide) groups is 1. The fraction of sp³-hybridized carbons (Fsp3) is 0.261. The number of carbonyl (C=O) groups excluding carboxylic acids is 1. The molecule has 0 atom stereocenters. The van der Waals surface area contributed by atoms with Crippen LogP contribution in [0.25, 0.3) is 11.3 Å². The molecule has 3 N–H and O–H groups in total. The quantitative estimate of drug-likeness (QED) is 0.318. The van der Waals surface area contributed by atoms with Crippen LogP contribution in [0.3, 0.4) is 0 Å². The molecule has 152 valence electrons. The fourth-order valence-electron chi connectivity index (χ4n) is 3.79. The highest BCUT2D eigenvalue weighted by Crippen LogP contribution is 2.37. The molecule has 1 amide bonds. The monoisotopic (exact) mass is 418 g/mol. The number of phenolic OH excluding ortho intramolecular Hbond substituents is 1. The van der Waals surface area contributed by atoms with Crippen molar-refractivity contribution in [2.24, 2.45) is 0 Å². The molecule has 6 nitrogen and oxygen atoms in total. The first kappa shape index (κ1) is 20.0. The van der Waals surface area contributed by atoms with E-state index >= 15 is 0 Å². The van der Waals surface area contributed by atoms with E-state index in [0.29, 0.717) is 16.3 Å². The number of nitriles is 1. The molecular weight excluding hydrogens is 396 g/mol. The maximum absolute atomic E-state index is 12.4. The summed E-state index contributed by atoms with van der Waals surface area (Å²) in [6.45, 7) is 0. The van der Waals surface area contributed by atoms with Crippen molar-refractivity contribution in [3.05, 3.63) is 59.4 Å². The van der Waals surface area contributed by atoms with Crippen molar-refractivity contribution in [1.82, 2.24) is 9.97 Å². The molecule has 0 bridgehead atoms. The van der Waals surface area contributed by atoms with Crippen molar-refractivity contribution < 1.29 is 9.90 Å². The van der Waals surface area contributed by atoms with Gasteiger partial charge in [0.15, 0.2) is 0 Å². The van der Waals surface area contributed by atoms with Gasteiger partial charge in [-0.15, -0.1) is 0 Å². The number of H-pyrrole nitrogens is 1. The molecule has 4 rings (SSSR count). The number of hydrogen-bond acceptors (Lipinski definition) is 5. The van der Waals surface area contributed by atoms with Gasteiger partial charge in [-0.2, -0.15) is 5.26 Å². The molecule has 1 aliphatic rings. The Morgan fingerprint density at radius 1 is 1.20 bits per heavy atom. The minimum atomic E-state index is -0.261. The Morgan fingerprint density at radius 2 is 2.03 bits per heavy atom. The number of phenols is 1. The molecule has 7 heteroatoms. The largest absolute Gasteiger partial charge is 0.506 e. The lowest BCUT2D eigenvalue weighted by Gasteiger charge is -2.16. The molecule has 3 aromatic rings. The minimum absolute atomic E-state index is 0.0192. The SMILES string of the molecule is N#Cc1c(SCC(=O)Nc2ccccc2O)nc2c(c1-c1ccc[nH]1)CCCCC2. The molecule has 0 aliphatic heterocycles. The summed E-state index contributed by atoms with van der Waals surface area (Å²) in [5.41, 5.74) is 4.88. The highest BCUT2D eigenvalue weighted by atomic mass is 32.2. The molecule has 0 fully saturated rings. The smallest absolute Gasteiger partial charge is 0.234 e. The highest BCUT2D eigenvalue weighted by Gasteiger charge is 2.23. The second-order valence-corrected chi connectivity index (χ2v) is 8.17. The van der Waals surface area contributed by atoms with Crippen LogP contribution in [0.1, 0.15) is 36.1 Å². The van der Waals surface area contributed by atoms with Gasteiger partial charge >= 0.3 is 0 Å². The third-order valence-electron chi connectivity index (χ3n) is 5.19. The number of fused-ring (bicyclic) bond motifs is 1. The van der Waals surface area contributed by atoms with Crippen molar-refractivity contribution >= 4 is 23.4 Å². The van der Waals surface area contributed by atoms with Crippen molar-refractivity contribution in [2.75, 3.05) is 11.1 Å². The van der Waals surface area contributed by atoms with E-state index in [2.05, 4.69) is 16.4 Å². The second-order valence-electron chi connectivity index (χ2n) is 7.20. The summed E-state index contributed by atoms with van der Waals surface area (Å²) in [5.74, 6) is -0.145. The number of hydrogen-bond donors (Lipinski definition) is 3. The normalized spacial score (nSPS) is 13.2. The summed E-state index contributed by atoms with van der Waals surface area (Å²) < 4.78 is 0. The lowest BCUT2D eigenvalue weighted by atomic mass is 9.96. The van der Waals surface area contributed by atoms with E-state index < -0.39 is 0 Å². The van der Waals surface area contributed by atoms with Crippen LogP contribution >= 0.6 is 11.8 Å². The molecule has 0 saturated heterocycles. The molecule has 30 heavy (non-hydrogen) atoms. The third-order valence-corrected chi connectivity index (χ3v) is 6.16. The number of pyridine rings is 1. The molecule has 0 saturated carbocycles. The number of aromatic amines is 1. The van der Waals surface area contributed by atoms with Gasteiger partial charge < -0.3 is 15.4 Å². The molecule has 1 aliphatic carbocycles. The van der Waals surface area contributed by atoms with Crippen molar-refractivity contribution in [3.63, 3.8) is 0 Å². The van der Waals surface area contributed by atoms with E-state index in [-0.39, 0.29) is 17.4 Å². The van der Waals surface area contributed by atoms with E-state index in [9.17, 15) is 15.2 Å². The van der Waals surface area contributed by atoms with Gasteiger partial charge in [-0.05, 0) is 55.5 Å². The van der Waals surface area contributed by atoms with Crippen LogP contribution in [-0.2, 0) is 17.6 Å². The molecule has 1 aromatic carbocycles. The zero-order valence-corrected chi connectivity index (χ0v) is 17.3. The predicted octanol–water partition coefficient (Wildman–Crippen LogP) is 4.65. The topological polar surface area (TPSA) is 102 Å². The summed E-state index contributed by atoms with van der Waals surface area (Å²) in [6, 6.07) is 12.8. The zero-order chi connectivity index (χ0) is 20.9. The lowest BCUT2D eigenvalue weighted by Crippen LogP contribution is -2.15. The molecule has 0 unspecified atom stereocenters. The number of anilines is 1. The van der Waals surface area contributed by atoms with Gasteiger partial charge in [-0.25, -0.2) is 4.98 Å². The van der Waals surface area contributed by atoms with Crippen LogP contribution in [0.5, 0.6) is 5.75 Å². The Hall–Kier alpha value is -3.24. The van der Waals surface area contributed by atoms with Gasteiger partial charge in [0.05, 0.1) is 17.0 Å². The minimum Gasteiger partial charge on any atom is -0.506 e. The number of aromatic hydroxyl groups is 1. The molecule has 2 heterocycles. The Balaban J connectivity index is 1.64. The Bertz CT molecular complexity index is 1100. The van der Waals surface area contributed by atoms with Crippen LogP contribution < -0.4 is 5.32 Å². The first-order valence-electron chi connectivity index (χ1n) is 9.97. The number of nitrogens with one attached hydrogen (secondary N) is 2. The number of aryl methyl sites for hydroxylation is 1. The van der Waals surface area contributed by atoms with E-state index in [1.54, 1.807) is 18.2 Å². The Labute approximate surface area is 179 Å². The van der Waals surface area contributed by atoms with Gasteiger partial charge in [0.1, 0.15) is 16.8 Å². The van der Waals surface area contributed by atoms with Gasteiger partial charge in [0.2, 0.25) is 5.91 Å². The average Bonchev–Trinajstić information content (AvgIpc) is 3.18. The molecule has 0 radical (unpaired) electrons. The average molecular weight is 419 g/mol. The van der Waals surface area contributed by atoms with Gasteiger partial charge in [-0.3, -0.25) is 4.79 Å². The van der Waals surface area contributed by atoms with E-state index in [0.717, 1.165) is 54.6 Å². The van der Waals surface area contributed by atoms with Crippen LogP contribution in [0.15, 0.2) is 47.6 Å². The number of rotatable bonds is 5. The first-order valence-corrected chi connectivity index (χ1v) is 11.0. The van der Waals surface area contributed by atoms with Crippen LogP contribution in [-0.4, -0.2) is 26.7 Å². The van der Waals surface area contributed by atoms with E-state index in [4.69, 9.17) is 4.98 Å². The summed E-state index contributed by atoms with van der Waals surface area (Å²) >= 11 is 1.25. The number of carbonyl (C=O) groups is 1. The van der Waals surface area contributed by atoms with Crippen LogP contribution in [0, 0.1) is 11.3 Å². The van der Waals surface area contributed by atoms with Gasteiger partial charge in [-0.1, -0.05) is 30.3 Å². The van der Waals surface area contributed by atoms with Gasteiger partial charge in [0, 0.05) is 23.1 Å². The van der Waals surface area contributed by atoms with Crippen molar-refractivity contribution in [1.29, 1.82) is 5.26 Å². The Kier molecular flexibility index (Phi) is 6.05. The summed E-state index contributed by atoms with van der Waals surface area (Å²) in [4.78, 5) is 20.5. The van der Waals surface area contributed by atoms with Gasteiger partial charge in [0.25, 0.3) is 0 Å². The molecule has 0 spiro atoms. The molecular formula is C23H22N4O2S. The number of nitrogens with zero attached hydrogens (tertiary/aromatic N) is 2. The van der Waals surface area contributed by atoms with Crippen molar-refractivity contribution in [2.45, 2.75) is 37.1 Å². The Morgan fingerprint density at radius 3 is 2.80 bits per heavy atom. The number of aromatic nitrogens is 2. The third kappa shape index (κ3) is 4.19. The zero-order valence-electron chi connectivity index (χ0n) is 16.4. The first-order chi connectivity index (χ1) is 14.7. The van der Waals surface area contributed by atoms with E-state index in [1.165, 1.54) is 17.8 Å². The highest BCUT2D eigenvalue weighted by molar-refractivity contribution is 8.00. The summed E-state index contributed by atoms with van der Waals surface area (Å²) in [5, 5.41) is 23.1. The maximum atomic E-state index is 12.4. The standard InChI is InChI=1S/C23H22N4O2S/c24-13-16-22(19-10-6-12-25-19)15-7-2-1-3-8-17(15)27-23(16)30-14-21(29)26-18-9-4-5-11-20(18)28/h4-6,9-12,25,28H,1-3,7-8,14H2,(H,26,29).